The Morgan fingerprint density at radius 3 is 2.62 bits per heavy atom. The van der Waals surface area contributed by atoms with E-state index in [1.807, 2.05) is 4.90 Å². The maximum atomic E-state index is 12.4. The molecular weight excluding hydrogens is 302 g/mol. The van der Waals surface area contributed by atoms with Gasteiger partial charge in [0.05, 0.1) is 0 Å². The Morgan fingerprint density at radius 1 is 1.17 bits per heavy atom. The fourth-order valence-electron chi connectivity index (χ4n) is 3.51. The first-order valence-electron chi connectivity index (χ1n) is 8.92. The number of aliphatic hydroxyl groups is 1. The molecule has 0 aliphatic carbocycles. The van der Waals surface area contributed by atoms with Crippen molar-refractivity contribution >= 4 is 11.7 Å². The van der Waals surface area contributed by atoms with Gasteiger partial charge in [0, 0.05) is 44.5 Å². The molecular formula is C19H27N3O2. The summed E-state index contributed by atoms with van der Waals surface area (Å²) in [7, 11) is 0. The normalized spacial score (nSPS) is 20.5. The van der Waals surface area contributed by atoms with Gasteiger partial charge in [0.1, 0.15) is 0 Å². The van der Waals surface area contributed by atoms with Crippen LogP contribution in [0.5, 0.6) is 0 Å². The van der Waals surface area contributed by atoms with Crippen molar-refractivity contribution in [3.8, 4) is 0 Å². The lowest BCUT2D eigenvalue weighted by molar-refractivity contribution is 0.131. The lowest BCUT2D eigenvalue weighted by atomic mass is 10.0. The first-order valence-corrected chi connectivity index (χ1v) is 8.92. The summed E-state index contributed by atoms with van der Waals surface area (Å²) in [6.07, 6.45) is 8.21. The molecule has 24 heavy (non-hydrogen) atoms. The van der Waals surface area contributed by atoms with Crippen LogP contribution in [0.2, 0.25) is 0 Å². The van der Waals surface area contributed by atoms with Gasteiger partial charge in [0.15, 0.2) is 0 Å². The van der Waals surface area contributed by atoms with Crippen LogP contribution in [0.1, 0.15) is 31.2 Å². The first kappa shape index (κ1) is 16.8. The molecule has 2 N–H and O–H groups in total. The van der Waals surface area contributed by atoms with E-state index in [-0.39, 0.29) is 18.7 Å². The molecule has 1 atom stereocenters. The minimum absolute atomic E-state index is 0.0130. The Labute approximate surface area is 143 Å². The summed E-state index contributed by atoms with van der Waals surface area (Å²) >= 11 is 0. The highest BCUT2D eigenvalue weighted by atomic mass is 16.3. The minimum atomic E-state index is -0.0130. The summed E-state index contributed by atoms with van der Waals surface area (Å²) in [6.45, 7) is 3.41. The molecule has 0 radical (unpaired) electrons. The van der Waals surface area contributed by atoms with Crippen LogP contribution in [-0.2, 0) is 6.54 Å². The molecule has 5 heteroatoms. The highest BCUT2D eigenvalue weighted by Gasteiger charge is 2.25. The number of amides is 2. The number of benzene rings is 1. The second kappa shape index (κ2) is 8.20. The highest BCUT2D eigenvalue weighted by molar-refractivity contribution is 5.74. The number of piperidine rings is 1. The molecule has 0 aromatic heterocycles. The maximum Gasteiger partial charge on any atom is 0.317 e. The zero-order chi connectivity index (χ0) is 16.8. The van der Waals surface area contributed by atoms with Gasteiger partial charge in [-0.15, -0.1) is 0 Å². The maximum absolute atomic E-state index is 12.4. The molecule has 1 unspecified atom stereocenters. The van der Waals surface area contributed by atoms with Gasteiger partial charge in [-0.05, 0) is 43.4 Å². The molecule has 2 aliphatic rings. The molecule has 1 fully saturated rings. The Balaban J connectivity index is 1.51. The van der Waals surface area contributed by atoms with Crippen molar-refractivity contribution in [1.82, 2.24) is 10.2 Å². The molecule has 3 rings (SSSR count). The van der Waals surface area contributed by atoms with Gasteiger partial charge in [-0.3, -0.25) is 0 Å². The van der Waals surface area contributed by atoms with Crippen molar-refractivity contribution in [1.29, 1.82) is 0 Å². The van der Waals surface area contributed by atoms with E-state index in [1.54, 1.807) is 0 Å². The molecule has 0 saturated carbocycles. The van der Waals surface area contributed by atoms with Gasteiger partial charge in [-0.2, -0.15) is 0 Å². The van der Waals surface area contributed by atoms with Crippen LogP contribution in [0.15, 0.2) is 36.4 Å². The largest absolute Gasteiger partial charge is 0.396 e. The van der Waals surface area contributed by atoms with E-state index in [1.165, 1.54) is 5.69 Å². The number of aliphatic hydroxyl groups excluding tert-OH is 1. The molecule has 0 spiro atoms. The zero-order valence-corrected chi connectivity index (χ0v) is 14.2. The quantitative estimate of drug-likeness (QED) is 0.816. The zero-order valence-electron chi connectivity index (χ0n) is 14.2. The second-order valence-corrected chi connectivity index (χ2v) is 6.56. The van der Waals surface area contributed by atoms with Crippen molar-refractivity contribution in [2.45, 2.75) is 38.3 Å². The van der Waals surface area contributed by atoms with E-state index in [2.05, 4.69) is 46.6 Å². The number of carbonyl (C=O) groups is 1. The summed E-state index contributed by atoms with van der Waals surface area (Å²) in [4.78, 5) is 16.6. The number of urea groups is 1. The third kappa shape index (κ3) is 4.09. The van der Waals surface area contributed by atoms with E-state index in [0.717, 1.165) is 44.5 Å². The molecule has 1 aromatic rings. The molecule has 1 aromatic carbocycles. The number of nitrogens with zero attached hydrogens (tertiary/aromatic N) is 2. The molecule has 2 amide bonds. The Bertz CT molecular complexity index is 560. The fraction of sp³-hybridized carbons (Fsp3) is 0.526. The van der Waals surface area contributed by atoms with Crippen LogP contribution < -0.4 is 10.2 Å². The predicted octanol–water partition coefficient (Wildman–Crippen LogP) is 2.51. The second-order valence-electron chi connectivity index (χ2n) is 6.56. The number of nitrogens with one attached hydrogen (secondary N) is 1. The van der Waals surface area contributed by atoms with E-state index < -0.39 is 0 Å². The highest BCUT2D eigenvalue weighted by Crippen LogP contribution is 2.20. The summed E-state index contributed by atoms with van der Waals surface area (Å²) in [6, 6.07) is 8.55. The van der Waals surface area contributed by atoms with Crippen molar-refractivity contribution in [2.24, 2.45) is 0 Å². The van der Waals surface area contributed by atoms with Gasteiger partial charge < -0.3 is 20.2 Å². The first-order chi connectivity index (χ1) is 11.8. The number of likely N-dealkylation sites (tertiary alicyclic amines) is 1. The fourth-order valence-corrected chi connectivity index (χ4v) is 3.51. The monoisotopic (exact) mass is 329 g/mol. The van der Waals surface area contributed by atoms with Gasteiger partial charge in [0.25, 0.3) is 0 Å². The van der Waals surface area contributed by atoms with Gasteiger partial charge >= 0.3 is 6.03 Å². The molecule has 2 aliphatic heterocycles. The van der Waals surface area contributed by atoms with Crippen LogP contribution in [-0.4, -0.2) is 48.3 Å². The Morgan fingerprint density at radius 2 is 1.92 bits per heavy atom. The van der Waals surface area contributed by atoms with Gasteiger partial charge in [-0.1, -0.05) is 24.3 Å². The predicted molar refractivity (Wildman–Crippen MR) is 96.1 cm³/mol. The van der Waals surface area contributed by atoms with E-state index in [9.17, 15) is 9.90 Å². The van der Waals surface area contributed by atoms with Gasteiger partial charge in [-0.25, -0.2) is 4.79 Å². The SMILES string of the molecule is O=C(NCc1ccc(N2CC=CC2)cc1)N1CCCCC1CCO. The smallest absolute Gasteiger partial charge is 0.317 e. The summed E-state index contributed by atoms with van der Waals surface area (Å²) in [5, 5.41) is 12.2. The molecule has 5 nitrogen and oxygen atoms in total. The number of carbonyl (C=O) groups excluding carboxylic acids is 1. The number of hydrogen-bond donors (Lipinski definition) is 2. The molecule has 1 saturated heterocycles. The minimum Gasteiger partial charge on any atom is -0.396 e. The summed E-state index contributed by atoms with van der Waals surface area (Å²) < 4.78 is 0. The average molecular weight is 329 g/mol. The summed E-state index contributed by atoms with van der Waals surface area (Å²) in [5.74, 6) is 0. The van der Waals surface area contributed by atoms with Crippen molar-refractivity contribution < 1.29 is 9.90 Å². The van der Waals surface area contributed by atoms with E-state index in [4.69, 9.17) is 0 Å². The number of rotatable bonds is 5. The molecule has 130 valence electrons. The third-order valence-corrected chi connectivity index (χ3v) is 4.91. The van der Waals surface area contributed by atoms with Crippen molar-refractivity contribution in [2.75, 3.05) is 31.1 Å². The number of hydrogen-bond acceptors (Lipinski definition) is 3. The molecule has 0 bridgehead atoms. The Hall–Kier alpha value is -2.01. The standard InChI is InChI=1S/C19H27N3O2/c23-14-10-18-5-1-2-13-22(18)19(24)20-15-16-6-8-17(9-7-16)21-11-3-4-12-21/h3-4,6-9,18,23H,1-2,5,10-15H2,(H,20,24). The van der Waals surface area contributed by atoms with Crippen LogP contribution in [0.4, 0.5) is 10.5 Å². The summed E-state index contributed by atoms with van der Waals surface area (Å²) in [5.41, 5.74) is 2.32. The van der Waals surface area contributed by atoms with Crippen molar-refractivity contribution in [3.63, 3.8) is 0 Å². The van der Waals surface area contributed by atoms with Crippen LogP contribution in [0.25, 0.3) is 0 Å². The van der Waals surface area contributed by atoms with Crippen LogP contribution >= 0.6 is 0 Å². The third-order valence-electron chi connectivity index (χ3n) is 4.91. The lowest BCUT2D eigenvalue weighted by Crippen LogP contribution is -2.48. The topological polar surface area (TPSA) is 55.8 Å². The molecule has 2 heterocycles. The number of anilines is 1. The van der Waals surface area contributed by atoms with E-state index in [0.29, 0.717) is 13.0 Å². The van der Waals surface area contributed by atoms with Gasteiger partial charge in [0.2, 0.25) is 0 Å². The van der Waals surface area contributed by atoms with E-state index >= 15 is 0 Å². The lowest BCUT2D eigenvalue weighted by Gasteiger charge is -2.35. The average Bonchev–Trinajstić information content (AvgIpc) is 3.15. The van der Waals surface area contributed by atoms with Crippen LogP contribution in [0, 0.1) is 0 Å². The Kier molecular flexibility index (Phi) is 5.75. The van der Waals surface area contributed by atoms with Crippen molar-refractivity contribution in [3.05, 3.63) is 42.0 Å². The van der Waals surface area contributed by atoms with Crippen LogP contribution in [0.3, 0.4) is 0 Å².